The summed E-state index contributed by atoms with van der Waals surface area (Å²) in [6.07, 6.45) is 21.1. The van der Waals surface area contributed by atoms with Crippen LogP contribution < -0.4 is 21.7 Å². The van der Waals surface area contributed by atoms with Crippen molar-refractivity contribution in [1.29, 1.82) is 0 Å². The van der Waals surface area contributed by atoms with Gasteiger partial charge in [0.05, 0.1) is 30.8 Å². The minimum absolute atomic E-state index is 0.0343. The Balaban J connectivity index is 1.27. The number of nitrogens with two attached hydrogens (primary N) is 1. The van der Waals surface area contributed by atoms with E-state index in [2.05, 4.69) is 16.0 Å². The van der Waals surface area contributed by atoms with Gasteiger partial charge in [0.1, 0.15) is 0 Å². The zero-order valence-electron chi connectivity index (χ0n) is 22.7. The van der Waals surface area contributed by atoms with Crippen molar-refractivity contribution in [2.75, 3.05) is 18.9 Å². The first kappa shape index (κ1) is 31.9. The van der Waals surface area contributed by atoms with E-state index in [9.17, 15) is 14.7 Å². The minimum Gasteiger partial charge on any atom is -0.395 e. The fourth-order valence-electron chi connectivity index (χ4n) is 5.05. The first-order valence-electron chi connectivity index (χ1n) is 14.7. The maximum absolute atomic E-state index is 12.1. The van der Waals surface area contributed by atoms with Crippen molar-refractivity contribution in [3.8, 4) is 0 Å². The van der Waals surface area contributed by atoms with E-state index in [1.807, 2.05) is 17.8 Å². The summed E-state index contributed by atoms with van der Waals surface area (Å²) in [6, 6.07) is -0.0816. The van der Waals surface area contributed by atoms with Gasteiger partial charge in [-0.1, -0.05) is 76.4 Å². The maximum atomic E-state index is 12.1. The van der Waals surface area contributed by atoms with Gasteiger partial charge < -0.3 is 31.9 Å². The number of nitrogens with one attached hydrogen (secondary N) is 3. The molecule has 0 aliphatic carbocycles. The topological polar surface area (TPSA) is 137 Å². The summed E-state index contributed by atoms with van der Waals surface area (Å²) in [4.78, 5) is 23.5. The van der Waals surface area contributed by atoms with Crippen LogP contribution in [0.25, 0.3) is 0 Å². The Morgan fingerprint density at radius 3 is 2.32 bits per heavy atom. The number of allylic oxidation sites excluding steroid dienone is 1. The molecule has 0 radical (unpaired) electrons. The Morgan fingerprint density at radius 2 is 1.65 bits per heavy atom. The Labute approximate surface area is 228 Å². The Kier molecular flexibility index (Phi) is 17.0. The van der Waals surface area contributed by atoms with Gasteiger partial charge in [-0.2, -0.15) is 11.8 Å². The molecule has 0 unspecified atom stereocenters. The van der Waals surface area contributed by atoms with E-state index < -0.39 is 12.1 Å². The van der Waals surface area contributed by atoms with Gasteiger partial charge in [-0.15, -0.1) is 0 Å². The standard InChI is InChI=1S/C28H52N4O4S/c29-22(20-33)24(34)16-12-10-8-6-4-2-1-3-5-7-9-11-15-19-30-26(35)18-14-13-17-25-27-23(21-37-25)31-28(36)32-27/h12,16,22-25,27,33-34H,1-11,13-15,17-21,29H2,(H,30,35)(H2,31,32,36)/b16-12+/t22-,23-,24+,25-,27-/m0/s1. The number of urea groups is 1. The molecule has 0 spiro atoms. The van der Waals surface area contributed by atoms with Crippen molar-refractivity contribution >= 4 is 23.7 Å². The highest BCUT2D eigenvalue weighted by atomic mass is 32.2. The third kappa shape index (κ3) is 13.9. The lowest BCUT2D eigenvalue weighted by Gasteiger charge is -2.16. The van der Waals surface area contributed by atoms with Crippen LogP contribution in [0, 0.1) is 0 Å². The fourth-order valence-corrected chi connectivity index (χ4v) is 6.60. The van der Waals surface area contributed by atoms with Crippen LogP contribution in [0.5, 0.6) is 0 Å². The average Bonchev–Trinajstić information content (AvgIpc) is 3.44. The molecule has 2 aliphatic rings. The number of aliphatic hydroxyl groups is 2. The molecular formula is C28H52N4O4S. The summed E-state index contributed by atoms with van der Waals surface area (Å²) in [5, 5.41) is 28.1. The molecule has 2 saturated heterocycles. The second-order valence-electron chi connectivity index (χ2n) is 10.7. The molecule has 2 rings (SSSR count). The highest BCUT2D eigenvalue weighted by molar-refractivity contribution is 8.00. The molecule has 3 amide bonds. The van der Waals surface area contributed by atoms with Crippen molar-refractivity contribution < 1.29 is 19.8 Å². The summed E-state index contributed by atoms with van der Waals surface area (Å²) in [7, 11) is 0. The van der Waals surface area contributed by atoms with E-state index >= 15 is 0 Å². The van der Waals surface area contributed by atoms with E-state index in [0.717, 1.165) is 50.8 Å². The zero-order chi connectivity index (χ0) is 26.7. The quantitative estimate of drug-likeness (QED) is 0.0703. The number of thioether (sulfide) groups is 1. The Hall–Kier alpha value is -1.29. The van der Waals surface area contributed by atoms with Gasteiger partial charge in [-0.25, -0.2) is 4.79 Å². The average molecular weight is 541 g/mol. The van der Waals surface area contributed by atoms with E-state index in [1.165, 1.54) is 57.8 Å². The van der Waals surface area contributed by atoms with Gasteiger partial charge in [-0.3, -0.25) is 4.79 Å². The normalized spacial score (nSPS) is 22.6. The van der Waals surface area contributed by atoms with Crippen molar-refractivity contribution in [2.24, 2.45) is 5.73 Å². The highest BCUT2D eigenvalue weighted by Gasteiger charge is 2.42. The van der Waals surface area contributed by atoms with Crippen molar-refractivity contribution in [3.05, 3.63) is 12.2 Å². The molecule has 0 bridgehead atoms. The number of hydrogen-bond donors (Lipinski definition) is 6. The van der Waals surface area contributed by atoms with Gasteiger partial charge in [-0.05, 0) is 32.1 Å². The predicted octanol–water partition coefficient (Wildman–Crippen LogP) is 3.75. The van der Waals surface area contributed by atoms with Crippen molar-refractivity contribution in [1.82, 2.24) is 16.0 Å². The molecule has 0 aromatic carbocycles. The molecule has 9 heteroatoms. The molecule has 5 atom stereocenters. The van der Waals surface area contributed by atoms with Gasteiger partial charge in [0.25, 0.3) is 0 Å². The summed E-state index contributed by atoms with van der Waals surface area (Å²) in [5.74, 6) is 1.16. The van der Waals surface area contributed by atoms with Gasteiger partial charge in [0.2, 0.25) is 5.91 Å². The molecule has 37 heavy (non-hydrogen) atoms. The van der Waals surface area contributed by atoms with Crippen LogP contribution in [-0.4, -0.2) is 70.5 Å². The molecule has 2 heterocycles. The minimum atomic E-state index is -0.753. The summed E-state index contributed by atoms with van der Waals surface area (Å²) < 4.78 is 0. The smallest absolute Gasteiger partial charge is 0.315 e. The van der Waals surface area contributed by atoms with Gasteiger partial charge >= 0.3 is 6.03 Å². The summed E-state index contributed by atoms with van der Waals surface area (Å²) in [5.41, 5.74) is 5.56. The second kappa shape index (κ2) is 19.7. The SMILES string of the molecule is N[C@@H](CO)[C@H](O)/C=C/CCCCCCCCCCCCCNC(=O)CCCC[C@@H]1SC[C@@H]2NC(=O)N[C@@H]21. The first-order chi connectivity index (χ1) is 18.0. The van der Waals surface area contributed by atoms with Gasteiger partial charge in [0.15, 0.2) is 0 Å². The highest BCUT2D eigenvalue weighted by Crippen LogP contribution is 2.33. The van der Waals surface area contributed by atoms with E-state index in [0.29, 0.717) is 11.7 Å². The van der Waals surface area contributed by atoms with Crippen LogP contribution in [0.4, 0.5) is 4.79 Å². The number of rotatable bonds is 22. The van der Waals surface area contributed by atoms with Crippen LogP contribution in [0.2, 0.25) is 0 Å². The number of hydrogen-bond acceptors (Lipinski definition) is 6. The zero-order valence-corrected chi connectivity index (χ0v) is 23.5. The van der Waals surface area contributed by atoms with Gasteiger partial charge in [0, 0.05) is 24.0 Å². The van der Waals surface area contributed by atoms with E-state index in [-0.39, 0.29) is 30.6 Å². The molecule has 0 aromatic rings. The number of fused-ring (bicyclic) bond motifs is 1. The monoisotopic (exact) mass is 540 g/mol. The molecule has 8 nitrogen and oxygen atoms in total. The van der Waals surface area contributed by atoms with Crippen LogP contribution >= 0.6 is 11.8 Å². The van der Waals surface area contributed by atoms with Crippen molar-refractivity contribution in [2.45, 2.75) is 132 Å². The maximum Gasteiger partial charge on any atom is 0.315 e. The third-order valence-corrected chi connectivity index (χ3v) is 8.94. The Bertz CT molecular complexity index is 666. The molecule has 0 saturated carbocycles. The third-order valence-electron chi connectivity index (χ3n) is 7.43. The van der Waals surface area contributed by atoms with Crippen LogP contribution in [0.1, 0.15) is 103 Å². The Morgan fingerprint density at radius 1 is 1.00 bits per heavy atom. The summed E-state index contributed by atoms with van der Waals surface area (Å²) in [6.45, 7) is 0.593. The molecular weight excluding hydrogens is 488 g/mol. The molecule has 0 aromatic heterocycles. The van der Waals surface area contributed by atoms with Crippen LogP contribution in [0.15, 0.2) is 12.2 Å². The van der Waals surface area contributed by atoms with E-state index in [4.69, 9.17) is 10.8 Å². The number of aliphatic hydroxyl groups excluding tert-OH is 2. The first-order valence-corrected chi connectivity index (χ1v) is 15.7. The van der Waals surface area contributed by atoms with Crippen LogP contribution in [0.3, 0.4) is 0 Å². The largest absolute Gasteiger partial charge is 0.395 e. The fraction of sp³-hybridized carbons (Fsp3) is 0.857. The molecule has 2 fully saturated rings. The molecule has 7 N–H and O–H groups in total. The predicted molar refractivity (Wildman–Crippen MR) is 153 cm³/mol. The lowest BCUT2D eigenvalue weighted by molar-refractivity contribution is -0.121. The molecule has 214 valence electrons. The number of amides is 3. The molecule has 2 aliphatic heterocycles. The van der Waals surface area contributed by atoms with Crippen LogP contribution in [-0.2, 0) is 4.79 Å². The van der Waals surface area contributed by atoms with Crippen molar-refractivity contribution in [3.63, 3.8) is 0 Å². The second-order valence-corrected chi connectivity index (χ2v) is 11.9. The number of carbonyl (C=O) groups is 2. The lowest BCUT2D eigenvalue weighted by Crippen LogP contribution is -2.36. The lowest BCUT2D eigenvalue weighted by atomic mass is 10.0. The summed E-state index contributed by atoms with van der Waals surface area (Å²) >= 11 is 1.93. The van der Waals surface area contributed by atoms with E-state index in [1.54, 1.807) is 6.08 Å². The number of unbranched alkanes of at least 4 members (excludes halogenated alkanes) is 12. The number of carbonyl (C=O) groups excluding carboxylic acids is 2.